The molecule has 6 heteroatoms. The Kier molecular flexibility index (Phi) is 5.10. The lowest BCUT2D eigenvalue weighted by atomic mass is 9.91. The average Bonchev–Trinajstić information content (AvgIpc) is 2.54. The molecule has 3 rings (SSSR count). The third-order valence-electron chi connectivity index (χ3n) is 3.37. The molecule has 0 aromatic heterocycles. The van der Waals surface area contributed by atoms with Gasteiger partial charge in [0.15, 0.2) is 0 Å². The van der Waals surface area contributed by atoms with Gasteiger partial charge < -0.3 is 20.1 Å². The van der Waals surface area contributed by atoms with E-state index in [9.17, 15) is 14.7 Å². The highest BCUT2D eigenvalue weighted by Gasteiger charge is 2.37. The van der Waals surface area contributed by atoms with Crippen molar-refractivity contribution in [2.45, 2.75) is 5.60 Å². The Balaban J connectivity index is 0.000000185. The molecule has 2 aromatic rings. The van der Waals surface area contributed by atoms with E-state index in [2.05, 4.69) is 0 Å². The van der Waals surface area contributed by atoms with Crippen molar-refractivity contribution in [2.24, 2.45) is 0 Å². The van der Waals surface area contributed by atoms with Crippen LogP contribution in [-0.4, -0.2) is 40.5 Å². The second kappa shape index (κ2) is 7.04. The number of aliphatic hydroxyl groups is 1. The first kappa shape index (κ1) is 16.7. The second-order valence-corrected chi connectivity index (χ2v) is 5.08. The molecule has 0 atom stereocenters. The first-order chi connectivity index (χ1) is 10.9. The first-order valence-corrected chi connectivity index (χ1v) is 6.85. The van der Waals surface area contributed by atoms with Gasteiger partial charge in [0, 0.05) is 0 Å². The Hall–Kier alpha value is -2.70. The molecular formula is C17H16O6. The number of hydrogen-bond donors (Lipinski definition) is 3. The molecule has 6 nitrogen and oxygen atoms in total. The summed E-state index contributed by atoms with van der Waals surface area (Å²) in [5, 5.41) is 26.9. The summed E-state index contributed by atoms with van der Waals surface area (Å²) in [5.74, 6) is -1.84. The quantitative estimate of drug-likeness (QED) is 0.800. The lowest BCUT2D eigenvalue weighted by Gasteiger charge is -2.36. The fourth-order valence-corrected chi connectivity index (χ4v) is 1.97. The second-order valence-electron chi connectivity index (χ2n) is 5.08. The van der Waals surface area contributed by atoms with Crippen LogP contribution in [0.4, 0.5) is 0 Å². The van der Waals surface area contributed by atoms with E-state index in [0.29, 0.717) is 11.1 Å². The van der Waals surface area contributed by atoms with Crippen molar-refractivity contribution in [3.8, 4) is 0 Å². The van der Waals surface area contributed by atoms with E-state index < -0.39 is 17.5 Å². The molecule has 1 aliphatic heterocycles. The van der Waals surface area contributed by atoms with E-state index in [-0.39, 0.29) is 18.8 Å². The van der Waals surface area contributed by atoms with Gasteiger partial charge >= 0.3 is 11.9 Å². The molecule has 0 radical (unpaired) electrons. The average molecular weight is 316 g/mol. The van der Waals surface area contributed by atoms with Crippen LogP contribution in [-0.2, 0) is 10.3 Å². The minimum Gasteiger partial charge on any atom is -0.478 e. The monoisotopic (exact) mass is 316 g/mol. The summed E-state index contributed by atoms with van der Waals surface area (Å²) in [7, 11) is 0. The lowest BCUT2D eigenvalue weighted by Crippen LogP contribution is -2.46. The van der Waals surface area contributed by atoms with Crippen molar-refractivity contribution in [3.05, 3.63) is 71.3 Å². The maximum absolute atomic E-state index is 10.6. The molecule has 1 saturated heterocycles. The van der Waals surface area contributed by atoms with Gasteiger partial charge in [-0.2, -0.15) is 0 Å². The smallest absolute Gasteiger partial charge is 0.335 e. The summed E-state index contributed by atoms with van der Waals surface area (Å²) in [6, 6.07) is 14.5. The predicted octanol–water partition coefficient (Wildman–Crippen LogP) is 1.99. The Labute approximate surface area is 132 Å². The number of carbonyl (C=O) groups is 2. The summed E-state index contributed by atoms with van der Waals surface area (Å²) < 4.78 is 4.90. The van der Waals surface area contributed by atoms with Gasteiger partial charge in [0.05, 0.1) is 24.3 Å². The number of carboxylic acids is 2. The SMILES string of the molecule is O=C(O)c1ccc(C2(O)COC2)cc1.O=C(O)c1ccccc1. The van der Waals surface area contributed by atoms with Crippen LogP contribution in [0, 0.1) is 0 Å². The maximum Gasteiger partial charge on any atom is 0.335 e. The molecule has 0 spiro atoms. The summed E-state index contributed by atoms with van der Waals surface area (Å²) in [4.78, 5) is 20.8. The van der Waals surface area contributed by atoms with Crippen molar-refractivity contribution in [2.75, 3.05) is 13.2 Å². The molecule has 1 aliphatic rings. The summed E-state index contributed by atoms with van der Waals surface area (Å²) in [6.45, 7) is 0.554. The Morgan fingerprint density at radius 3 is 1.65 bits per heavy atom. The Morgan fingerprint density at radius 2 is 1.30 bits per heavy atom. The van der Waals surface area contributed by atoms with Gasteiger partial charge in [-0.3, -0.25) is 0 Å². The molecule has 23 heavy (non-hydrogen) atoms. The molecule has 2 aromatic carbocycles. The summed E-state index contributed by atoms with van der Waals surface area (Å²) in [6.07, 6.45) is 0. The molecule has 0 amide bonds. The van der Waals surface area contributed by atoms with Crippen molar-refractivity contribution >= 4 is 11.9 Å². The standard InChI is InChI=1S/C10H10O4.C7H6O2/c11-9(12)7-1-3-8(4-2-7)10(13)5-14-6-10;8-7(9)6-4-2-1-3-5-6/h1-4,13H,5-6H2,(H,11,12);1-5H,(H,8,9). The third kappa shape index (κ3) is 4.15. The number of ether oxygens (including phenoxy) is 1. The van der Waals surface area contributed by atoms with Gasteiger partial charge in [-0.1, -0.05) is 30.3 Å². The minimum atomic E-state index is -0.964. The van der Waals surface area contributed by atoms with Crippen molar-refractivity contribution in [1.29, 1.82) is 0 Å². The molecule has 3 N–H and O–H groups in total. The van der Waals surface area contributed by atoms with Gasteiger partial charge in [-0.15, -0.1) is 0 Å². The predicted molar refractivity (Wildman–Crippen MR) is 81.5 cm³/mol. The van der Waals surface area contributed by atoms with Gasteiger partial charge in [-0.05, 0) is 29.8 Å². The number of carboxylic acid groups (broad SMARTS) is 2. The van der Waals surface area contributed by atoms with E-state index in [1.807, 2.05) is 0 Å². The zero-order valence-electron chi connectivity index (χ0n) is 12.2. The topological polar surface area (TPSA) is 104 Å². The Morgan fingerprint density at radius 1 is 0.826 bits per heavy atom. The number of benzene rings is 2. The van der Waals surface area contributed by atoms with Crippen LogP contribution >= 0.6 is 0 Å². The molecular weight excluding hydrogens is 300 g/mol. The normalized spacial score (nSPS) is 14.8. The van der Waals surface area contributed by atoms with Crippen molar-refractivity contribution in [3.63, 3.8) is 0 Å². The van der Waals surface area contributed by atoms with Crippen molar-refractivity contribution < 1.29 is 29.6 Å². The van der Waals surface area contributed by atoms with Crippen LogP contribution in [0.3, 0.4) is 0 Å². The molecule has 1 fully saturated rings. The summed E-state index contributed by atoms with van der Waals surface area (Å²) >= 11 is 0. The number of aromatic carboxylic acids is 2. The number of hydrogen-bond acceptors (Lipinski definition) is 4. The summed E-state index contributed by atoms with van der Waals surface area (Å²) in [5.41, 5.74) is 0.334. The zero-order valence-corrected chi connectivity index (χ0v) is 12.2. The maximum atomic E-state index is 10.6. The van der Waals surface area contributed by atoms with Gasteiger partial charge in [0.2, 0.25) is 0 Å². The van der Waals surface area contributed by atoms with Crippen LogP contribution in [0.25, 0.3) is 0 Å². The van der Waals surface area contributed by atoms with Gasteiger partial charge in [0.25, 0.3) is 0 Å². The molecule has 0 unspecified atom stereocenters. The van der Waals surface area contributed by atoms with Gasteiger partial charge in [0.1, 0.15) is 5.60 Å². The molecule has 0 saturated carbocycles. The van der Waals surface area contributed by atoms with Crippen LogP contribution in [0.5, 0.6) is 0 Å². The Bertz CT molecular complexity index is 674. The van der Waals surface area contributed by atoms with Crippen LogP contribution in [0.1, 0.15) is 26.3 Å². The van der Waals surface area contributed by atoms with E-state index in [0.717, 1.165) is 0 Å². The number of rotatable bonds is 3. The third-order valence-corrected chi connectivity index (χ3v) is 3.37. The van der Waals surface area contributed by atoms with E-state index in [1.54, 1.807) is 42.5 Å². The molecule has 0 aliphatic carbocycles. The molecule has 120 valence electrons. The van der Waals surface area contributed by atoms with Gasteiger partial charge in [-0.25, -0.2) is 9.59 Å². The van der Waals surface area contributed by atoms with Crippen LogP contribution < -0.4 is 0 Å². The van der Waals surface area contributed by atoms with Crippen LogP contribution in [0.15, 0.2) is 54.6 Å². The molecule has 1 heterocycles. The fourth-order valence-electron chi connectivity index (χ4n) is 1.97. The minimum absolute atomic E-state index is 0.220. The van der Waals surface area contributed by atoms with Crippen molar-refractivity contribution in [1.82, 2.24) is 0 Å². The van der Waals surface area contributed by atoms with Crippen LogP contribution in [0.2, 0.25) is 0 Å². The first-order valence-electron chi connectivity index (χ1n) is 6.85. The van der Waals surface area contributed by atoms with E-state index >= 15 is 0 Å². The highest BCUT2D eigenvalue weighted by Crippen LogP contribution is 2.29. The highest BCUT2D eigenvalue weighted by atomic mass is 16.5. The lowest BCUT2D eigenvalue weighted by molar-refractivity contribution is -0.184. The zero-order chi connectivity index (χ0) is 16.9. The molecule has 0 bridgehead atoms. The fraction of sp³-hybridized carbons (Fsp3) is 0.176. The van der Waals surface area contributed by atoms with E-state index in [4.69, 9.17) is 14.9 Å². The highest BCUT2D eigenvalue weighted by molar-refractivity contribution is 5.87. The largest absolute Gasteiger partial charge is 0.478 e. The van der Waals surface area contributed by atoms with E-state index in [1.165, 1.54) is 12.1 Å².